The van der Waals surface area contributed by atoms with Crippen molar-refractivity contribution in [2.45, 2.75) is 12.8 Å². The minimum absolute atomic E-state index is 0.0807. The Kier molecular flexibility index (Phi) is 3.34. The molecule has 1 aromatic rings. The first-order valence-corrected chi connectivity index (χ1v) is 4.28. The van der Waals surface area contributed by atoms with Gasteiger partial charge in [0.2, 0.25) is 0 Å². The topological polar surface area (TPSA) is 72.5 Å². The average molecular weight is 195 g/mol. The summed E-state index contributed by atoms with van der Waals surface area (Å²) in [6.07, 6.45) is 0.510. The third-order valence-corrected chi connectivity index (χ3v) is 1.98. The molecule has 4 nitrogen and oxygen atoms in total. The number of carboxylic acid groups (broad SMARTS) is 1. The number of nitrogens with two attached hydrogens (primary N) is 1. The molecule has 14 heavy (non-hydrogen) atoms. The van der Waals surface area contributed by atoms with E-state index in [-0.39, 0.29) is 6.42 Å². The standard InChI is InChI=1S/C10H13NO3/c1-14-8-4-2-3-7(10(8)11)5-6-9(12)13/h2-4H,5-6,11H2,1H3,(H,12,13). The van der Waals surface area contributed by atoms with Crippen LogP contribution in [0.1, 0.15) is 12.0 Å². The van der Waals surface area contributed by atoms with Crippen LogP contribution in [0, 0.1) is 0 Å². The number of aliphatic carboxylic acids is 1. The number of hydrogen-bond acceptors (Lipinski definition) is 3. The number of anilines is 1. The fourth-order valence-electron chi connectivity index (χ4n) is 1.23. The Labute approximate surface area is 82.3 Å². The minimum atomic E-state index is -0.827. The van der Waals surface area contributed by atoms with Gasteiger partial charge in [-0.15, -0.1) is 0 Å². The van der Waals surface area contributed by atoms with Crippen LogP contribution >= 0.6 is 0 Å². The molecule has 4 heteroatoms. The van der Waals surface area contributed by atoms with Crippen molar-refractivity contribution in [1.82, 2.24) is 0 Å². The molecule has 0 aliphatic rings. The van der Waals surface area contributed by atoms with Crippen LogP contribution < -0.4 is 10.5 Å². The number of hydrogen-bond donors (Lipinski definition) is 2. The van der Waals surface area contributed by atoms with Crippen molar-refractivity contribution in [2.75, 3.05) is 12.8 Å². The molecule has 0 saturated carbocycles. The monoisotopic (exact) mass is 195 g/mol. The van der Waals surface area contributed by atoms with E-state index >= 15 is 0 Å². The Morgan fingerprint density at radius 2 is 2.29 bits per heavy atom. The highest BCUT2D eigenvalue weighted by atomic mass is 16.5. The zero-order valence-corrected chi connectivity index (χ0v) is 7.99. The van der Waals surface area contributed by atoms with Gasteiger partial charge in [0.25, 0.3) is 0 Å². The minimum Gasteiger partial charge on any atom is -0.495 e. The summed E-state index contributed by atoms with van der Waals surface area (Å²) in [5.74, 6) is -0.236. The van der Waals surface area contributed by atoms with Crippen molar-refractivity contribution < 1.29 is 14.6 Å². The molecule has 0 bridgehead atoms. The zero-order valence-electron chi connectivity index (χ0n) is 7.99. The first kappa shape index (κ1) is 10.4. The summed E-state index contributed by atoms with van der Waals surface area (Å²) in [6.45, 7) is 0. The summed E-state index contributed by atoms with van der Waals surface area (Å²) in [7, 11) is 1.53. The number of rotatable bonds is 4. The highest BCUT2D eigenvalue weighted by Gasteiger charge is 2.06. The maximum absolute atomic E-state index is 10.4. The van der Waals surface area contributed by atoms with Gasteiger partial charge in [0, 0.05) is 6.42 Å². The van der Waals surface area contributed by atoms with Crippen molar-refractivity contribution in [3.8, 4) is 5.75 Å². The van der Waals surface area contributed by atoms with Gasteiger partial charge in [0.1, 0.15) is 5.75 Å². The number of aryl methyl sites for hydroxylation is 1. The van der Waals surface area contributed by atoms with Gasteiger partial charge in [-0.1, -0.05) is 12.1 Å². The van der Waals surface area contributed by atoms with Crippen LogP contribution in [0.4, 0.5) is 5.69 Å². The van der Waals surface area contributed by atoms with Crippen LogP contribution in [0.2, 0.25) is 0 Å². The quantitative estimate of drug-likeness (QED) is 0.710. The van der Waals surface area contributed by atoms with Crippen molar-refractivity contribution in [1.29, 1.82) is 0 Å². The van der Waals surface area contributed by atoms with E-state index < -0.39 is 5.97 Å². The Balaban J connectivity index is 2.81. The summed E-state index contributed by atoms with van der Waals surface area (Å²) in [5.41, 5.74) is 7.10. The molecular formula is C10H13NO3. The van der Waals surface area contributed by atoms with Gasteiger partial charge in [-0.2, -0.15) is 0 Å². The lowest BCUT2D eigenvalue weighted by Crippen LogP contribution is -2.02. The summed E-state index contributed by atoms with van der Waals surface area (Å²) in [5, 5.41) is 8.52. The van der Waals surface area contributed by atoms with Gasteiger partial charge < -0.3 is 15.6 Å². The van der Waals surface area contributed by atoms with E-state index in [2.05, 4.69) is 0 Å². The van der Waals surface area contributed by atoms with E-state index in [4.69, 9.17) is 15.6 Å². The van der Waals surface area contributed by atoms with Gasteiger partial charge in [-0.25, -0.2) is 0 Å². The third kappa shape index (κ3) is 2.39. The molecule has 0 aliphatic carbocycles. The van der Waals surface area contributed by atoms with Crippen LogP contribution in [-0.4, -0.2) is 18.2 Å². The molecule has 3 N–H and O–H groups in total. The number of carboxylic acids is 1. The summed E-state index contributed by atoms with van der Waals surface area (Å²) < 4.78 is 5.02. The van der Waals surface area contributed by atoms with Gasteiger partial charge in [0.05, 0.1) is 12.8 Å². The average Bonchev–Trinajstić information content (AvgIpc) is 2.16. The maximum atomic E-state index is 10.4. The van der Waals surface area contributed by atoms with Crippen molar-refractivity contribution >= 4 is 11.7 Å². The molecule has 1 rings (SSSR count). The molecule has 1 aromatic carbocycles. The lowest BCUT2D eigenvalue weighted by atomic mass is 10.1. The van der Waals surface area contributed by atoms with Crippen LogP contribution in [0.5, 0.6) is 5.75 Å². The van der Waals surface area contributed by atoms with Crippen molar-refractivity contribution in [3.63, 3.8) is 0 Å². The number of methoxy groups -OCH3 is 1. The predicted octanol–water partition coefficient (Wildman–Crippen LogP) is 1.29. The number of ether oxygens (including phenoxy) is 1. The highest BCUT2D eigenvalue weighted by Crippen LogP contribution is 2.25. The Hall–Kier alpha value is -1.71. The fourth-order valence-corrected chi connectivity index (χ4v) is 1.23. The molecule has 0 atom stereocenters. The van der Waals surface area contributed by atoms with Gasteiger partial charge in [-0.3, -0.25) is 4.79 Å². The number of benzene rings is 1. The second-order valence-corrected chi connectivity index (χ2v) is 2.93. The van der Waals surface area contributed by atoms with Gasteiger partial charge in [0.15, 0.2) is 0 Å². The first-order chi connectivity index (χ1) is 6.65. The van der Waals surface area contributed by atoms with Gasteiger partial charge in [-0.05, 0) is 18.1 Å². The molecule has 0 aromatic heterocycles. The van der Waals surface area contributed by atoms with Crippen molar-refractivity contribution in [2.24, 2.45) is 0 Å². The molecule has 0 aliphatic heterocycles. The number of carbonyl (C=O) groups is 1. The molecule has 0 fully saturated rings. The SMILES string of the molecule is COc1cccc(CCC(=O)O)c1N. The molecule has 0 amide bonds. The smallest absolute Gasteiger partial charge is 0.303 e. The molecule has 0 spiro atoms. The van der Waals surface area contributed by atoms with E-state index in [1.165, 1.54) is 7.11 Å². The van der Waals surface area contributed by atoms with Crippen LogP contribution in [0.15, 0.2) is 18.2 Å². The second-order valence-electron chi connectivity index (χ2n) is 2.93. The molecule has 0 saturated heterocycles. The van der Waals surface area contributed by atoms with Crippen LogP contribution in [0.25, 0.3) is 0 Å². The largest absolute Gasteiger partial charge is 0.495 e. The first-order valence-electron chi connectivity index (χ1n) is 4.28. The lowest BCUT2D eigenvalue weighted by molar-refractivity contribution is -0.136. The predicted molar refractivity (Wildman–Crippen MR) is 53.4 cm³/mol. The molecule has 76 valence electrons. The van der Waals surface area contributed by atoms with E-state index in [1.807, 2.05) is 0 Å². The normalized spacial score (nSPS) is 9.79. The molecular weight excluding hydrogens is 182 g/mol. The third-order valence-electron chi connectivity index (χ3n) is 1.98. The van der Waals surface area contributed by atoms with Crippen LogP contribution in [-0.2, 0) is 11.2 Å². The van der Waals surface area contributed by atoms with E-state index in [0.29, 0.717) is 17.9 Å². The lowest BCUT2D eigenvalue weighted by Gasteiger charge is -2.08. The molecule has 0 heterocycles. The zero-order chi connectivity index (χ0) is 10.6. The Morgan fingerprint density at radius 1 is 1.57 bits per heavy atom. The summed E-state index contributed by atoms with van der Waals surface area (Å²) in [4.78, 5) is 10.4. The van der Waals surface area contributed by atoms with E-state index in [1.54, 1.807) is 18.2 Å². The summed E-state index contributed by atoms with van der Waals surface area (Å²) in [6, 6.07) is 5.35. The Morgan fingerprint density at radius 3 is 2.86 bits per heavy atom. The van der Waals surface area contributed by atoms with Crippen molar-refractivity contribution in [3.05, 3.63) is 23.8 Å². The van der Waals surface area contributed by atoms with Gasteiger partial charge >= 0.3 is 5.97 Å². The fraction of sp³-hybridized carbons (Fsp3) is 0.300. The second kappa shape index (κ2) is 4.50. The Bertz CT molecular complexity index is 336. The highest BCUT2D eigenvalue weighted by molar-refractivity contribution is 5.68. The van der Waals surface area contributed by atoms with Crippen LogP contribution in [0.3, 0.4) is 0 Å². The summed E-state index contributed by atoms with van der Waals surface area (Å²) >= 11 is 0. The van der Waals surface area contributed by atoms with E-state index in [9.17, 15) is 4.79 Å². The molecule has 0 unspecified atom stereocenters. The number of nitrogen functional groups attached to an aromatic ring is 1. The number of para-hydroxylation sites is 1. The molecule has 0 radical (unpaired) electrons. The van der Waals surface area contributed by atoms with E-state index in [0.717, 1.165) is 5.56 Å². The maximum Gasteiger partial charge on any atom is 0.303 e.